The molecule has 0 spiro atoms. The van der Waals surface area contributed by atoms with E-state index in [0.29, 0.717) is 17.5 Å². The van der Waals surface area contributed by atoms with Crippen molar-refractivity contribution in [1.29, 1.82) is 0 Å². The molecule has 0 aliphatic rings. The van der Waals surface area contributed by atoms with Gasteiger partial charge in [-0.15, -0.1) is 0 Å². The Labute approximate surface area is 153 Å². The maximum absolute atomic E-state index is 12.1. The normalized spacial score (nSPS) is 11.8. The number of nitrogens with one attached hydrogen (secondary N) is 1. The summed E-state index contributed by atoms with van der Waals surface area (Å²) in [5.74, 6) is 1.18. The first-order valence-corrected chi connectivity index (χ1v) is 8.49. The second-order valence-corrected chi connectivity index (χ2v) is 6.23. The number of benzene rings is 2. The van der Waals surface area contributed by atoms with Crippen LogP contribution in [0.1, 0.15) is 12.8 Å². The molecule has 3 rings (SSSR count). The molecule has 0 saturated carbocycles. The highest BCUT2D eigenvalue weighted by molar-refractivity contribution is 9.10. The van der Waals surface area contributed by atoms with Gasteiger partial charge in [0.1, 0.15) is 5.75 Å². The highest BCUT2D eigenvalue weighted by Crippen LogP contribution is 2.20. The van der Waals surface area contributed by atoms with Crippen LogP contribution >= 0.6 is 15.9 Å². The molecule has 6 nitrogen and oxygen atoms in total. The van der Waals surface area contributed by atoms with Crippen molar-refractivity contribution in [2.45, 2.75) is 19.6 Å². The lowest BCUT2D eigenvalue weighted by atomic mass is 10.2. The van der Waals surface area contributed by atoms with E-state index in [4.69, 9.17) is 9.26 Å². The number of para-hydroxylation sites is 1. The largest absolute Gasteiger partial charge is 0.481 e. The van der Waals surface area contributed by atoms with Crippen LogP contribution in [0.5, 0.6) is 5.75 Å². The van der Waals surface area contributed by atoms with Gasteiger partial charge in [0, 0.05) is 10.0 Å². The number of hydrogen-bond donors (Lipinski definition) is 1. The van der Waals surface area contributed by atoms with Gasteiger partial charge >= 0.3 is 0 Å². The molecule has 25 heavy (non-hydrogen) atoms. The summed E-state index contributed by atoms with van der Waals surface area (Å²) < 4.78 is 11.7. The van der Waals surface area contributed by atoms with Gasteiger partial charge < -0.3 is 14.6 Å². The van der Waals surface area contributed by atoms with Gasteiger partial charge in [-0.05, 0) is 31.2 Å². The molecule has 0 aliphatic heterocycles. The minimum Gasteiger partial charge on any atom is -0.481 e. The minimum absolute atomic E-state index is 0.141. The molecule has 0 aliphatic carbocycles. The van der Waals surface area contributed by atoms with Crippen LogP contribution in [0.4, 0.5) is 0 Å². The fourth-order valence-electron chi connectivity index (χ4n) is 2.13. The highest BCUT2D eigenvalue weighted by Gasteiger charge is 2.16. The zero-order chi connectivity index (χ0) is 17.6. The molecule has 1 aromatic heterocycles. The van der Waals surface area contributed by atoms with E-state index in [9.17, 15) is 4.79 Å². The molecule has 7 heteroatoms. The Balaban J connectivity index is 1.56. The first-order valence-electron chi connectivity index (χ1n) is 7.70. The Kier molecular flexibility index (Phi) is 5.45. The fourth-order valence-corrected chi connectivity index (χ4v) is 2.53. The first-order chi connectivity index (χ1) is 12.1. The maximum atomic E-state index is 12.1. The Hall–Kier alpha value is -2.67. The van der Waals surface area contributed by atoms with Gasteiger partial charge in [0.2, 0.25) is 11.7 Å². The van der Waals surface area contributed by atoms with Gasteiger partial charge in [-0.3, -0.25) is 4.79 Å². The fraction of sp³-hybridized carbons (Fsp3) is 0.167. The standard InChI is InChI=1S/C18H16BrN3O3/c1-12(24-15-8-3-2-4-9-15)18(23)20-11-16-21-17(22-25-16)13-6-5-7-14(19)10-13/h2-10,12H,11H2,1H3,(H,20,23). The summed E-state index contributed by atoms with van der Waals surface area (Å²) in [5, 5.41) is 6.65. The van der Waals surface area contributed by atoms with Gasteiger partial charge in [-0.2, -0.15) is 4.98 Å². The van der Waals surface area contributed by atoms with Crippen LogP contribution in [0.25, 0.3) is 11.4 Å². The van der Waals surface area contributed by atoms with Crippen molar-refractivity contribution in [1.82, 2.24) is 15.5 Å². The number of hydrogen-bond acceptors (Lipinski definition) is 5. The lowest BCUT2D eigenvalue weighted by Crippen LogP contribution is -2.35. The summed E-state index contributed by atoms with van der Waals surface area (Å²) in [5.41, 5.74) is 0.830. The molecule has 0 fully saturated rings. The van der Waals surface area contributed by atoms with Crippen LogP contribution in [-0.2, 0) is 11.3 Å². The second kappa shape index (κ2) is 7.94. The lowest BCUT2D eigenvalue weighted by Gasteiger charge is -2.13. The number of aromatic nitrogens is 2. The smallest absolute Gasteiger partial charge is 0.261 e. The average molecular weight is 402 g/mol. The molecule has 1 atom stereocenters. The molecule has 3 aromatic rings. The molecule has 1 amide bonds. The van der Waals surface area contributed by atoms with Crippen LogP contribution in [0.2, 0.25) is 0 Å². The van der Waals surface area contributed by atoms with E-state index >= 15 is 0 Å². The van der Waals surface area contributed by atoms with Crippen molar-refractivity contribution in [3.63, 3.8) is 0 Å². The van der Waals surface area contributed by atoms with Crippen molar-refractivity contribution < 1.29 is 14.1 Å². The predicted octanol–water partition coefficient (Wildman–Crippen LogP) is 3.58. The average Bonchev–Trinajstić information content (AvgIpc) is 3.09. The van der Waals surface area contributed by atoms with E-state index in [-0.39, 0.29) is 12.5 Å². The van der Waals surface area contributed by atoms with E-state index in [2.05, 4.69) is 31.4 Å². The van der Waals surface area contributed by atoms with Crippen molar-refractivity contribution in [2.75, 3.05) is 0 Å². The summed E-state index contributed by atoms with van der Waals surface area (Å²) >= 11 is 3.40. The second-order valence-electron chi connectivity index (χ2n) is 5.31. The summed E-state index contributed by atoms with van der Waals surface area (Å²) in [7, 11) is 0. The zero-order valence-corrected chi connectivity index (χ0v) is 15.1. The maximum Gasteiger partial charge on any atom is 0.261 e. The van der Waals surface area contributed by atoms with E-state index < -0.39 is 6.10 Å². The number of carbonyl (C=O) groups is 1. The Morgan fingerprint density at radius 2 is 2.04 bits per heavy atom. The molecule has 1 unspecified atom stereocenters. The third-order valence-electron chi connectivity index (χ3n) is 3.39. The van der Waals surface area contributed by atoms with Crippen LogP contribution in [0.15, 0.2) is 63.6 Å². The SMILES string of the molecule is CC(Oc1ccccc1)C(=O)NCc1nc(-c2cccc(Br)c2)no1. The quantitative estimate of drug-likeness (QED) is 0.682. The number of amides is 1. The molecular weight excluding hydrogens is 386 g/mol. The molecule has 1 heterocycles. The number of ether oxygens (including phenoxy) is 1. The van der Waals surface area contributed by atoms with Gasteiger partial charge in [0.15, 0.2) is 6.10 Å². The number of nitrogens with zero attached hydrogens (tertiary/aromatic N) is 2. The van der Waals surface area contributed by atoms with Crippen molar-refractivity contribution in [3.8, 4) is 17.1 Å². The molecule has 2 aromatic carbocycles. The van der Waals surface area contributed by atoms with Gasteiger partial charge in [-0.1, -0.05) is 51.4 Å². The summed E-state index contributed by atoms with van der Waals surface area (Å²) in [4.78, 5) is 16.4. The van der Waals surface area contributed by atoms with Crippen LogP contribution in [-0.4, -0.2) is 22.2 Å². The topological polar surface area (TPSA) is 77.2 Å². The van der Waals surface area contributed by atoms with Crippen LogP contribution in [0.3, 0.4) is 0 Å². The monoisotopic (exact) mass is 401 g/mol. The van der Waals surface area contributed by atoms with Crippen LogP contribution in [0, 0.1) is 0 Å². The summed E-state index contributed by atoms with van der Waals surface area (Å²) in [6, 6.07) is 16.8. The predicted molar refractivity (Wildman–Crippen MR) is 95.8 cm³/mol. The zero-order valence-electron chi connectivity index (χ0n) is 13.5. The molecular formula is C18H16BrN3O3. The van der Waals surface area contributed by atoms with Crippen molar-refractivity contribution in [2.24, 2.45) is 0 Å². The van der Waals surface area contributed by atoms with E-state index in [1.807, 2.05) is 42.5 Å². The molecule has 128 valence electrons. The van der Waals surface area contributed by atoms with Gasteiger partial charge in [0.05, 0.1) is 6.54 Å². The molecule has 0 saturated heterocycles. The number of rotatable bonds is 6. The van der Waals surface area contributed by atoms with E-state index in [0.717, 1.165) is 10.0 Å². The third-order valence-corrected chi connectivity index (χ3v) is 3.88. The highest BCUT2D eigenvalue weighted by atomic mass is 79.9. The van der Waals surface area contributed by atoms with Crippen molar-refractivity contribution >= 4 is 21.8 Å². The number of halogens is 1. The Morgan fingerprint density at radius 1 is 1.24 bits per heavy atom. The first kappa shape index (κ1) is 17.2. The third kappa shape index (κ3) is 4.67. The van der Waals surface area contributed by atoms with E-state index in [1.165, 1.54) is 0 Å². The van der Waals surface area contributed by atoms with Crippen molar-refractivity contribution in [3.05, 3.63) is 65.0 Å². The molecule has 0 bridgehead atoms. The number of carbonyl (C=O) groups excluding carboxylic acids is 1. The Bertz CT molecular complexity index is 852. The minimum atomic E-state index is -0.630. The Morgan fingerprint density at radius 3 is 2.80 bits per heavy atom. The molecule has 0 radical (unpaired) electrons. The van der Waals surface area contributed by atoms with Gasteiger partial charge in [-0.25, -0.2) is 0 Å². The summed E-state index contributed by atoms with van der Waals surface area (Å²) in [6.45, 7) is 1.82. The van der Waals surface area contributed by atoms with Crippen LogP contribution < -0.4 is 10.1 Å². The van der Waals surface area contributed by atoms with Gasteiger partial charge in [0.25, 0.3) is 5.91 Å². The van der Waals surface area contributed by atoms with E-state index in [1.54, 1.807) is 19.1 Å². The summed E-state index contributed by atoms with van der Waals surface area (Å²) in [6.07, 6.45) is -0.630. The molecule has 1 N–H and O–H groups in total. The lowest BCUT2D eigenvalue weighted by molar-refractivity contribution is -0.127.